The first-order valence-electron chi connectivity index (χ1n) is 22.3. The van der Waals surface area contributed by atoms with Gasteiger partial charge in [-0.2, -0.15) is 0 Å². The van der Waals surface area contributed by atoms with E-state index >= 15 is 0 Å². The van der Waals surface area contributed by atoms with E-state index in [1.807, 2.05) is 79.7 Å². The molecule has 0 spiro atoms. The number of aryl methyl sites for hydroxylation is 1. The number of rotatable bonds is 16. The second-order valence-corrected chi connectivity index (χ2v) is 23.0. The van der Waals surface area contributed by atoms with Crippen molar-refractivity contribution < 1.29 is 33.4 Å². The molecule has 14 heteroatoms. The van der Waals surface area contributed by atoms with Crippen LogP contribution in [0.5, 0.6) is 17.2 Å². The second kappa shape index (κ2) is 20.5. The predicted octanol–water partition coefficient (Wildman–Crippen LogP) is 9.76. The molecule has 3 amide bonds. The molecule has 1 atom stereocenters. The van der Waals surface area contributed by atoms with E-state index in [-0.39, 0.29) is 34.8 Å². The maximum absolute atomic E-state index is 13.5. The quantitative estimate of drug-likeness (QED) is 0.0310. The highest BCUT2D eigenvalue weighted by atomic mass is 28.4. The van der Waals surface area contributed by atoms with Crippen LogP contribution in [0.4, 0.5) is 22.7 Å². The lowest BCUT2D eigenvalue weighted by Gasteiger charge is -2.40. The fourth-order valence-electron chi connectivity index (χ4n) is 7.62. The zero-order valence-electron chi connectivity index (χ0n) is 39.1. The predicted molar refractivity (Wildman–Crippen MR) is 267 cm³/mol. The summed E-state index contributed by atoms with van der Waals surface area (Å²) in [7, 11) is -0.646. The third kappa shape index (κ3) is 11.8. The van der Waals surface area contributed by atoms with Crippen LogP contribution in [-0.4, -0.2) is 62.9 Å². The molecule has 7 N–H and O–H groups in total. The zero-order valence-corrected chi connectivity index (χ0v) is 40.1. The number of aromatic hydroxyl groups is 1. The number of phenolic OH excluding ortho intramolecular Hbond substituents is 1. The molecule has 5 aromatic carbocycles. The van der Waals surface area contributed by atoms with Crippen molar-refractivity contribution in [3.8, 4) is 29.1 Å². The summed E-state index contributed by atoms with van der Waals surface area (Å²) in [5, 5.41) is 24.0. The van der Waals surface area contributed by atoms with Gasteiger partial charge < -0.3 is 46.0 Å². The molecule has 0 fully saturated rings. The molecule has 0 unspecified atom stereocenters. The number of primary amides is 1. The number of phenols is 1. The van der Waals surface area contributed by atoms with Crippen LogP contribution in [-0.2, 0) is 15.6 Å². The molecule has 346 valence electrons. The van der Waals surface area contributed by atoms with Crippen molar-refractivity contribution in [3.63, 3.8) is 0 Å². The third-order valence-corrected chi connectivity index (χ3v) is 16.6. The number of methoxy groups -OCH3 is 1. The van der Waals surface area contributed by atoms with Gasteiger partial charge in [0.2, 0.25) is 0 Å². The van der Waals surface area contributed by atoms with Crippen molar-refractivity contribution in [2.75, 3.05) is 42.8 Å². The highest BCUT2D eigenvalue weighted by Crippen LogP contribution is 2.44. The number of benzene rings is 5. The number of pyridine rings is 1. The van der Waals surface area contributed by atoms with Crippen molar-refractivity contribution in [2.24, 2.45) is 5.73 Å². The van der Waals surface area contributed by atoms with Gasteiger partial charge >= 0.3 is 0 Å². The normalized spacial score (nSPS) is 12.8. The minimum Gasteiger partial charge on any atom is -0.508 e. The standard InChI is InChI=1S/C53H58N6O7Si/c1-33-23-36(26-43-48(33)56-30-44(51(54)62)49(43)57-39-16-12-17-41(27-39)64-5)24-35-14-11-15-37(25-35)52(63)58-38-20-18-34(19-21-38)13-9-8-10-22-55-31-46(66-67(6,7)53(2,3)4)42-28-40(60)29-45-50(42)65-32-47(61)59-45/h11-12,14-21,23,25-30,46,55,60H,8,10,22,24,31-32H2,1-7H3,(H2,54,62)(H,56,57)(H,58,63)(H,59,61)/t46-/m0/s1. The fraction of sp³-hybridized carbons (Fsp3) is 0.283. The Morgan fingerprint density at radius 2 is 1.76 bits per heavy atom. The third-order valence-electron chi connectivity index (χ3n) is 12.1. The first-order valence-corrected chi connectivity index (χ1v) is 25.2. The first kappa shape index (κ1) is 47.8. The number of anilines is 4. The summed E-state index contributed by atoms with van der Waals surface area (Å²) in [5.74, 6) is 6.60. The SMILES string of the molecule is COc1cccc(Nc2c(C(N)=O)cnc3c(C)cc(Cc4cccc(C(=O)Nc5ccc(C#CCCCNC[C@H](O[Si](C)(C)C(C)(C)C)c6cc(O)cc7c6OCC(=O)N7)cc5)c4)cc23)c1. The van der Waals surface area contributed by atoms with Gasteiger partial charge in [0.05, 0.1) is 35.7 Å². The highest BCUT2D eigenvalue weighted by molar-refractivity contribution is 6.74. The van der Waals surface area contributed by atoms with Gasteiger partial charge in [-0.1, -0.05) is 56.9 Å². The van der Waals surface area contributed by atoms with E-state index in [2.05, 4.69) is 78.0 Å². The Kier molecular flexibility index (Phi) is 14.7. The summed E-state index contributed by atoms with van der Waals surface area (Å²) in [5.41, 5.74) is 14.1. The topological polar surface area (TPSA) is 186 Å². The van der Waals surface area contributed by atoms with Gasteiger partial charge in [0.25, 0.3) is 17.7 Å². The van der Waals surface area contributed by atoms with Crippen LogP contribution in [0.3, 0.4) is 0 Å². The number of carbonyl (C=O) groups is 3. The molecule has 1 aliphatic heterocycles. The molecule has 67 heavy (non-hydrogen) atoms. The number of fused-ring (bicyclic) bond motifs is 2. The number of hydrogen-bond acceptors (Lipinski definition) is 10. The van der Waals surface area contributed by atoms with E-state index in [0.29, 0.717) is 65.6 Å². The molecule has 0 bridgehead atoms. The zero-order chi connectivity index (χ0) is 47.9. The summed E-state index contributed by atoms with van der Waals surface area (Å²) >= 11 is 0. The lowest BCUT2D eigenvalue weighted by atomic mass is 9.97. The lowest BCUT2D eigenvalue weighted by Crippen LogP contribution is -2.43. The Morgan fingerprint density at radius 3 is 2.51 bits per heavy atom. The van der Waals surface area contributed by atoms with Crippen LogP contribution in [0.15, 0.2) is 103 Å². The molecular weight excluding hydrogens is 861 g/mol. The maximum Gasteiger partial charge on any atom is 0.262 e. The van der Waals surface area contributed by atoms with Crippen molar-refractivity contribution >= 4 is 59.7 Å². The van der Waals surface area contributed by atoms with Crippen LogP contribution in [0, 0.1) is 18.8 Å². The second-order valence-electron chi connectivity index (χ2n) is 18.2. The Morgan fingerprint density at radius 1 is 0.985 bits per heavy atom. The Labute approximate surface area is 393 Å². The molecule has 0 saturated heterocycles. The summed E-state index contributed by atoms with van der Waals surface area (Å²) in [6.45, 7) is 14.0. The number of amides is 3. The summed E-state index contributed by atoms with van der Waals surface area (Å²) < 4.78 is 18.1. The summed E-state index contributed by atoms with van der Waals surface area (Å²) in [4.78, 5) is 42.6. The van der Waals surface area contributed by atoms with Crippen LogP contribution >= 0.6 is 0 Å². The number of nitrogens with two attached hydrogens (primary N) is 1. The number of hydrogen-bond donors (Lipinski definition) is 6. The molecule has 0 aliphatic carbocycles. The minimum absolute atomic E-state index is 0.0285. The Balaban J connectivity index is 0.947. The molecule has 1 aliphatic rings. The van der Waals surface area contributed by atoms with E-state index in [0.717, 1.165) is 45.3 Å². The van der Waals surface area contributed by atoms with Gasteiger partial charge in [-0.25, -0.2) is 0 Å². The highest BCUT2D eigenvalue weighted by Gasteiger charge is 2.40. The van der Waals surface area contributed by atoms with Crippen molar-refractivity contribution in [3.05, 3.63) is 142 Å². The van der Waals surface area contributed by atoms with E-state index in [1.54, 1.807) is 19.2 Å². The number of unbranched alkanes of at least 4 members (excludes halogenated alkanes) is 1. The first-order chi connectivity index (χ1) is 32.0. The smallest absolute Gasteiger partial charge is 0.262 e. The number of nitrogens with one attached hydrogen (secondary N) is 4. The Hall–Kier alpha value is -7.18. The van der Waals surface area contributed by atoms with Gasteiger partial charge in [0.15, 0.2) is 14.9 Å². The number of carbonyl (C=O) groups excluding carboxylic acids is 3. The van der Waals surface area contributed by atoms with Gasteiger partial charge in [-0.3, -0.25) is 19.4 Å². The van der Waals surface area contributed by atoms with E-state index in [9.17, 15) is 19.5 Å². The lowest BCUT2D eigenvalue weighted by molar-refractivity contribution is -0.118. The number of ether oxygens (including phenoxy) is 2. The summed E-state index contributed by atoms with van der Waals surface area (Å²) in [6.07, 6.45) is 3.09. The van der Waals surface area contributed by atoms with Crippen molar-refractivity contribution in [1.29, 1.82) is 0 Å². The molecule has 13 nitrogen and oxygen atoms in total. The monoisotopic (exact) mass is 918 g/mol. The van der Waals surface area contributed by atoms with Crippen LogP contribution in [0.25, 0.3) is 10.9 Å². The molecule has 1 aromatic heterocycles. The number of nitrogens with zero attached hydrogens (tertiary/aromatic N) is 1. The van der Waals surface area contributed by atoms with Crippen molar-refractivity contribution in [1.82, 2.24) is 10.3 Å². The molecular formula is C53H58N6O7Si. The Bertz CT molecular complexity index is 2880. The largest absolute Gasteiger partial charge is 0.508 e. The minimum atomic E-state index is -2.24. The van der Waals surface area contributed by atoms with Crippen LogP contribution < -0.4 is 36.5 Å². The van der Waals surface area contributed by atoms with Crippen molar-refractivity contribution in [2.45, 2.75) is 71.2 Å². The van der Waals surface area contributed by atoms with Gasteiger partial charge in [0, 0.05) is 64.7 Å². The molecule has 6 aromatic rings. The molecule has 7 rings (SSSR count). The van der Waals surface area contributed by atoms with Crippen LogP contribution in [0.2, 0.25) is 18.1 Å². The average molecular weight is 919 g/mol. The van der Waals surface area contributed by atoms with Crippen LogP contribution in [0.1, 0.15) is 88.3 Å². The molecule has 2 heterocycles. The maximum atomic E-state index is 13.5. The number of aromatic nitrogens is 1. The van der Waals surface area contributed by atoms with Gasteiger partial charge in [-0.05, 0) is 122 Å². The van der Waals surface area contributed by atoms with E-state index in [1.165, 1.54) is 12.3 Å². The van der Waals surface area contributed by atoms with Gasteiger partial charge in [0.1, 0.15) is 17.2 Å². The average Bonchev–Trinajstić information content (AvgIpc) is 3.28. The van der Waals surface area contributed by atoms with E-state index in [4.69, 9.17) is 19.6 Å². The van der Waals surface area contributed by atoms with Gasteiger partial charge in [-0.15, -0.1) is 0 Å². The summed E-state index contributed by atoms with van der Waals surface area (Å²) in [6, 6.07) is 29.6. The fourth-order valence-corrected chi connectivity index (χ4v) is 8.90. The molecule has 0 radical (unpaired) electrons. The van der Waals surface area contributed by atoms with E-state index < -0.39 is 20.3 Å². The molecule has 0 saturated carbocycles.